The van der Waals surface area contributed by atoms with Crippen LogP contribution in [0.3, 0.4) is 0 Å². The number of carbonyl (C=O) groups excluding carboxylic acids is 1. The number of rotatable bonds is 2. The van der Waals surface area contributed by atoms with E-state index in [-0.39, 0.29) is 5.91 Å². The maximum atomic E-state index is 12.8. The molecule has 1 amide bonds. The number of nitrogens with one attached hydrogen (secondary N) is 1. The molecule has 6 nitrogen and oxygen atoms in total. The summed E-state index contributed by atoms with van der Waals surface area (Å²) in [5, 5.41) is 11.7. The molecule has 1 aromatic carbocycles. The number of nitrogens with zero attached hydrogens (tertiary/aromatic N) is 4. The third-order valence-electron chi connectivity index (χ3n) is 4.91. The van der Waals surface area contributed by atoms with Gasteiger partial charge in [-0.25, -0.2) is 4.68 Å². The number of halogens is 1. The predicted molar refractivity (Wildman–Crippen MR) is 93.7 cm³/mol. The Balaban J connectivity index is 1.49. The molecular formula is C17H20BrN5O. The van der Waals surface area contributed by atoms with Gasteiger partial charge in [-0.3, -0.25) is 4.79 Å². The van der Waals surface area contributed by atoms with Crippen molar-refractivity contribution in [2.75, 3.05) is 19.6 Å². The smallest absolute Gasteiger partial charge is 0.276 e. The van der Waals surface area contributed by atoms with Crippen molar-refractivity contribution in [3.63, 3.8) is 0 Å². The van der Waals surface area contributed by atoms with E-state index in [1.165, 1.54) is 11.1 Å². The van der Waals surface area contributed by atoms with Crippen LogP contribution in [0.1, 0.15) is 40.5 Å². The van der Waals surface area contributed by atoms with Crippen molar-refractivity contribution in [2.45, 2.75) is 31.8 Å². The Morgan fingerprint density at radius 3 is 2.96 bits per heavy atom. The van der Waals surface area contributed by atoms with Crippen LogP contribution < -0.4 is 5.32 Å². The van der Waals surface area contributed by atoms with Gasteiger partial charge in [0.1, 0.15) is 0 Å². The maximum absolute atomic E-state index is 12.8. The Bertz CT molecular complexity index is 753. The summed E-state index contributed by atoms with van der Waals surface area (Å²) in [4.78, 5) is 14.6. The van der Waals surface area contributed by atoms with Crippen molar-refractivity contribution in [3.8, 4) is 0 Å². The minimum atomic E-state index is -0.0270. The standard InChI is InChI=1S/C17H20BrN5O/c18-15-3-1-2-12-10-22(9-6-14(12)15)17(24)16-11-23(21-20-16)13-4-7-19-8-5-13/h1-3,11,13,19H,4-10H2. The quantitative estimate of drug-likeness (QED) is 0.854. The van der Waals surface area contributed by atoms with Gasteiger partial charge in [0.05, 0.1) is 12.2 Å². The monoisotopic (exact) mass is 389 g/mol. The molecule has 1 fully saturated rings. The van der Waals surface area contributed by atoms with Crippen LogP contribution in [0.5, 0.6) is 0 Å². The Morgan fingerprint density at radius 1 is 1.29 bits per heavy atom. The second-order valence-electron chi connectivity index (χ2n) is 6.42. The first-order valence-corrected chi connectivity index (χ1v) is 9.20. The van der Waals surface area contributed by atoms with Crippen LogP contribution in [-0.4, -0.2) is 45.4 Å². The molecule has 0 saturated carbocycles. The number of carbonyl (C=O) groups is 1. The molecule has 3 heterocycles. The van der Waals surface area contributed by atoms with E-state index in [1.54, 1.807) is 0 Å². The zero-order valence-electron chi connectivity index (χ0n) is 13.4. The number of piperidine rings is 1. The van der Waals surface area contributed by atoms with Gasteiger partial charge in [-0.05, 0) is 49.5 Å². The largest absolute Gasteiger partial charge is 0.333 e. The fourth-order valence-corrected chi connectivity index (χ4v) is 4.13. The van der Waals surface area contributed by atoms with Crippen molar-refractivity contribution in [2.24, 2.45) is 0 Å². The van der Waals surface area contributed by atoms with E-state index in [0.29, 0.717) is 24.8 Å². The van der Waals surface area contributed by atoms with E-state index < -0.39 is 0 Å². The van der Waals surface area contributed by atoms with Crippen molar-refractivity contribution in [1.82, 2.24) is 25.2 Å². The van der Waals surface area contributed by atoms with Crippen LogP contribution in [0.4, 0.5) is 0 Å². The first-order valence-electron chi connectivity index (χ1n) is 8.40. The molecule has 1 saturated heterocycles. The third-order valence-corrected chi connectivity index (χ3v) is 5.65. The number of hydrogen-bond acceptors (Lipinski definition) is 4. The predicted octanol–water partition coefficient (Wildman–Crippen LogP) is 2.16. The molecule has 2 aromatic rings. The minimum absolute atomic E-state index is 0.0270. The lowest BCUT2D eigenvalue weighted by molar-refractivity contribution is 0.0728. The summed E-state index contributed by atoms with van der Waals surface area (Å²) in [6, 6.07) is 6.51. The van der Waals surface area contributed by atoms with Crippen molar-refractivity contribution < 1.29 is 4.79 Å². The molecule has 126 valence electrons. The summed E-state index contributed by atoms with van der Waals surface area (Å²) in [5.41, 5.74) is 2.96. The van der Waals surface area contributed by atoms with Crippen molar-refractivity contribution >= 4 is 21.8 Å². The zero-order chi connectivity index (χ0) is 16.5. The lowest BCUT2D eigenvalue weighted by Crippen LogP contribution is -2.36. The van der Waals surface area contributed by atoms with E-state index >= 15 is 0 Å². The molecule has 2 aliphatic heterocycles. The van der Waals surface area contributed by atoms with Gasteiger partial charge < -0.3 is 10.2 Å². The number of amides is 1. The zero-order valence-corrected chi connectivity index (χ0v) is 15.0. The molecule has 0 atom stereocenters. The lowest BCUT2D eigenvalue weighted by atomic mass is 10.00. The Labute approximate surface area is 149 Å². The van der Waals surface area contributed by atoms with Crippen LogP contribution in [0.2, 0.25) is 0 Å². The average Bonchev–Trinajstić information content (AvgIpc) is 3.12. The highest BCUT2D eigenvalue weighted by Crippen LogP contribution is 2.27. The molecule has 7 heteroatoms. The first-order chi connectivity index (χ1) is 11.7. The van der Waals surface area contributed by atoms with E-state index in [2.05, 4.69) is 43.7 Å². The molecule has 4 rings (SSSR count). The van der Waals surface area contributed by atoms with Gasteiger partial charge in [-0.2, -0.15) is 0 Å². The van der Waals surface area contributed by atoms with Crippen LogP contribution in [0.25, 0.3) is 0 Å². The molecular weight excluding hydrogens is 370 g/mol. The lowest BCUT2D eigenvalue weighted by Gasteiger charge is -2.28. The van der Waals surface area contributed by atoms with Gasteiger partial charge >= 0.3 is 0 Å². The highest BCUT2D eigenvalue weighted by molar-refractivity contribution is 9.10. The third kappa shape index (κ3) is 2.98. The summed E-state index contributed by atoms with van der Waals surface area (Å²) in [6.45, 7) is 3.33. The van der Waals surface area contributed by atoms with Crippen LogP contribution >= 0.6 is 15.9 Å². The summed E-state index contributed by atoms with van der Waals surface area (Å²) in [7, 11) is 0. The number of hydrogen-bond donors (Lipinski definition) is 1. The normalized spacial score (nSPS) is 18.5. The van der Waals surface area contributed by atoms with Gasteiger partial charge in [-0.15, -0.1) is 5.10 Å². The topological polar surface area (TPSA) is 63.1 Å². The molecule has 1 aromatic heterocycles. The second kappa shape index (κ2) is 6.64. The van der Waals surface area contributed by atoms with Crippen LogP contribution in [-0.2, 0) is 13.0 Å². The summed E-state index contributed by atoms with van der Waals surface area (Å²) in [6.07, 6.45) is 4.74. The maximum Gasteiger partial charge on any atom is 0.276 e. The first kappa shape index (κ1) is 15.8. The molecule has 0 aliphatic carbocycles. The average molecular weight is 390 g/mol. The Morgan fingerprint density at radius 2 is 2.12 bits per heavy atom. The SMILES string of the molecule is O=C(c1cn(C2CCNCC2)nn1)N1CCc2c(Br)cccc2C1. The van der Waals surface area contributed by atoms with Crippen LogP contribution in [0, 0.1) is 0 Å². The van der Waals surface area contributed by atoms with Crippen molar-refractivity contribution in [1.29, 1.82) is 0 Å². The van der Waals surface area contributed by atoms with Gasteiger partial charge in [0.15, 0.2) is 5.69 Å². The van der Waals surface area contributed by atoms with Crippen LogP contribution in [0.15, 0.2) is 28.9 Å². The number of fused-ring (bicyclic) bond motifs is 1. The summed E-state index contributed by atoms with van der Waals surface area (Å²) < 4.78 is 2.99. The summed E-state index contributed by atoms with van der Waals surface area (Å²) in [5.74, 6) is -0.0270. The number of benzene rings is 1. The highest BCUT2D eigenvalue weighted by atomic mass is 79.9. The molecule has 0 radical (unpaired) electrons. The van der Waals surface area contributed by atoms with Gasteiger partial charge in [0, 0.05) is 17.6 Å². The Hall–Kier alpha value is -1.73. The highest BCUT2D eigenvalue weighted by Gasteiger charge is 2.26. The molecule has 2 aliphatic rings. The van der Waals surface area contributed by atoms with Gasteiger partial charge in [0.25, 0.3) is 5.91 Å². The number of aromatic nitrogens is 3. The fourth-order valence-electron chi connectivity index (χ4n) is 3.52. The molecule has 24 heavy (non-hydrogen) atoms. The second-order valence-corrected chi connectivity index (χ2v) is 7.27. The Kier molecular flexibility index (Phi) is 4.37. The van der Waals surface area contributed by atoms with E-state index in [9.17, 15) is 4.79 Å². The van der Waals surface area contributed by atoms with Crippen molar-refractivity contribution in [3.05, 3.63) is 45.7 Å². The molecule has 0 bridgehead atoms. The van der Waals surface area contributed by atoms with Gasteiger partial charge in [-0.1, -0.05) is 33.3 Å². The van der Waals surface area contributed by atoms with Gasteiger partial charge in [0.2, 0.25) is 0 Å². The summed E-state index contributed by atoms with van der Waals surface area (Å²) >= 11 is 3.60. The van der Waals surface area contributed by atoms with E-state index in [4.69, 9.17) is 0 Å². The van der Waals surface area contributed by atoms with E-state index in [0.717, 1.165) is 36.8 Å². The fraction of sp³-hybridized carbons (Fsp3) is 0.471. The minimum Gasteiger partial charge on any atom is -0.333 e. The van der Waals surface area contributed by atoms with E-state index in [1.807, 2.05) is 21.8 Å². The molecule has 1 N–H and O–H groups in total. The molecule has 0 unspecified atom stereocenters. The molecule has 0 spiro atoms.